The van der Waals surface area contributed by atoms with Gasteiger partial charge in [0.05, 0.1) is 5.56 Å². The highest BCUT2D eigenvalue weighted by atomic mass is 19.2. The summed E-state index contributed by atoms with van der Waals surface area (Å²) in [6, 6.07) is 1.84. The van der Waals surface area contributed by atoms with E-state index in [1.54, 1.807) is 6.92 Å². The van der Waals surface area contributed by atoms with Gasteiger partial charge < -0.3 is 10.3 Å². The summed E-state index contributed by atoms with van der Waals surface area (Å²) in [5.41, 5.74) is 5.14. The summed E-state index contributed by atoms with van der Waals surface area (Å²) in [6.07, 6.45) is 0. The summed E-state index contributed by atoms with van der Waals surface area (Å²) >= 11 is 0. The molecule has 2 N–H and O–H groups in total. The number of aromatic nitrogens is 2. The topological polar surface area (TPSA) is 64.9 Å². The van der Waals surface area contributed by atoms with Crippen LogP contribution in [0.2, 0.25) is 0 Å². The highest BCUT2D eigenvalue weighted by Gasteiger charge is 2.20. The second kappa shape index (κ2) is 4.77. The average molecular weight is 257 g/mol. The molecule has 1 aromatic heterocycles. The number of halogens is 3. The summed E-state index contributed by atoms with van der Waals surface area (Å²) in [7, 11) is 0. The highest BCUT2D eigenvalue weighted by Crippen LogP contribution is 2.25. The minimum Gasteiger partial charge on any atom is -0.334 e. The zero-order chi connectivity index (χ0) is 13.3. The first kappa shape index (κ1) is 12.6. The molecule has 2 rings (SSSR count). The van der Waals surface area contributed by atoms with Gasteiger partial charge >= 0.3 is 0 Å². The molecular weight excluding hydrogens is 247 g/mol. The van der Waals surface area contributed by atoms with Crippen molar-refractivity contribution in [3.05, 3.63) is 35.4 Å². The molecular formula is C11H10F3N3O. The predicted molar refractivity (Wildman–Crippen MR) is 57.1 cm³/mol. The van der Waals surface area contributed by atoms with E-state index in [0.717, 1.165) is 12.1 Å². The van der Waals surface area contributed by atoms with Gasteiger partial charge in [-0.15, -0.1) is 0 Å². The number of benzene rings is 1. The van der Waals surface area contributed by atoms with E-state index < -0.39 is 17.5 Å². The van der Waals surface area contributed by atoms with Gasteiger partial charge in [0.2, 0.25) is 0 Å². The molecule has 0 amide bonds. The molecule has 0 fully saturated rings. The van der Waals surface area contributed by atoms with Gasteiger partial charge in [0.15, 0.2) is 23.3 Å². The van der Waals surface area contributed by atoms with E-state index in [0.29, 0.717) is 6.54 Å². The molecule has 0 aliphatic rings. The summed E-state index contributed by atoms with van der Waals surface area (Å²) in [5, 5.41) is 3.61. The van der Waals surface area contributed by atoms with E-state index in [1.165, 1.54) is 0 Å². The summed E-state index contributed by atoms with van der Waals surface area (Å²) in [5.74, 6) is -4.29. The van der Waals surface area contributed by atoms with Gasteiger partial charge in [-0.05, 0) is 12.1 Å². The Morgan fingerprint density at radius 1 is 1.28 bits per heavy atom. The second-order valence-corrected chi connectivity index (χ2v) is 3.82. The molecule has 0 aliphatic heterocycles. The molecule has 7 heteroatoms. The molecule has 1 heterocycles. The van der Waals surface area contributed by atoms with Crippen molar-refractivity contribution in [2.24, 2.45) is 5.73 Å². The molecule has 0 radical (unpaired) electrons. The Hall–Kier alpha value is -1.89. The van der Waals surface area contributed by atoms with Crippen LogP contribution in [-0.4, -0.2) is 16.7 Å². The van der Waals surface area contributed by atoms with Crippen LogP contribution in [-0.2, 0) is 0 Å². The van der Waals surface area contributed by atoms with E-state index in [1.807, 2.05) is 0 Å². The zero-order valence-corrected chi connectivity index (χ0v) is 9.45. The Kier molecular flexibility index (Phi) is 3.33. The standard InChI is InChI=1S/C11H10F3N3O/c1-5(4-15)10-16-11(18-17-10)6-2-3-7(12)9(14)8(6)13/h2-3,5H,4,15H2,1H3. The van der Waals surface area contributed by atoms with Crippen LogP contribution in [0.3, 0.4) is 0 Å². The third-order valence-corrected chi connectivity index (χ3v) is 2.50. The molecule has 18 heavy (non-hydrogen) atoms. The smallest absolute Gasteiger partial charge is 0.261 e. The van der Waals surface area contributed by atoms with Gasteiger partial charge in [-0.25, -0.2) is 13.2 Å². The summed E-state index contributed by atoms with van der Waals surface area (Å²) in [4.78, 5) is 3.90. The Balaban J connectivity index is 2.43. The lowest BCUT2D eigenvalue weighted by atomic mass is 10.1. The monoisotopic (exact) mass is 257 g/mol. The van der Waals surface area contributed by atoms with E-state index in [9.17, 15) is 13.2 Å². The fourth-order valence-electron chi connectivity index (χ4n) is 1.34. The molecule has 0 bridgehead atoms. The van der Waals surface area contributed by atoms with Gasteiger partial charge in [0.1, 0.15) is 0 Å². The molecule has 4 nitrogen and oxygen atoms in total. The van der Waals surface area contributed by atoms with Gasteiger partial charge in [-0.2, -0.15) is 4.98 Å². The largest absolute Gasteiger partial charge is 0.334 e. The fraction of sp³-hybridized carbons (Fsp3) is 0.273. The van der Waals surface area contributed by atoms with Crippen LogP contribution >= 0.6 is 0 Å². The van der Waals surface area contributed by atoms with E-state index >= 15 is 0 Å². The average Bonchev–Trinajstić information content (AvgIpc) is 2.84. The molecule has 2 aromatic rings. The Bertz CT molecular complexity index is 571. The van der Waals surface area contributed by atoms with E-state index in [-0.39, 0.29) is 23.2 Å². The number of hydrogen-bond acceptors (Lipinski definition) is 4. The van der Waals surface area contributed by atoms with Gasteiger partial charge in [0.25, 0.3) is 5.89 Å². The van der Waals surface area contributed by atoms with Crippen molar-refractivity contribution in [1.29, 1.82) is 0 Å². The SMILES string of the molecule is CC(CN)c1noc(-c2ccc(F)c(F)c2F)n1. The van der Waals surface area contributed by atoms with Crippen molar-refractivity contribution in [1.82, 2.24) is 10.1 Å². The van der Waals surface area contributed by atoms with Crippen LogP contribution in [0.25, 0.3) is 11.5 Å². The van der Waals surface area contributed by atoms with Gasteiger partial charge in [-0.3, -0.25) is 0 Å². The van der Waals surface area contributed by atoms with Crippen LogP contribution < -0.4 is 5.73 Å². The molecule has 0 saturated carbocycles. The van der Waals surface area contributed by atoms with Crippen LogP contribution in [0, 0.1) is 17.5 Å². The van der Waals surface area contributed by atoms with Crippen LogP contribution in [0.15, 0.2) is 16.7 Å². The first-order valence-corrected chi connectivity index (χ1v) is 5.22. The second-order valence-electron chi connectivity index (χ2n) is 3.82. The minimum atomic E-state index is -1.57. The lowest BCUT2D eigenvalue weighted by molar-refractivity contribution is 0.410. The summed E-state index contributed by atoms with van der Waals surface area (Å²) in [6.45, 7) is 2.05. The van der Waals surface area contributed by atoms with Crippen LogP contribution in [0.5, 0.6) is 0 Å². The molecule has 96 valence electrons. The predicted octanol–water partition coefficient (Wildman–Crippen LogP) is 2.22. The molecule has 1 unspecified atom stereocenters. The number of hydrogen-bond donors (Lipinski definition) is 1. The molecule has 0 saturated heterocycles. The third-order valence-electron chi connectivity index (χ3n) is 2.50. The maximum absolute atomic E-state index is 13.5. The van der Waals surface area contributed by atoms with Crippen LogP contribution in [0.1, 0.15) is 18.7 Å². The van der Waals surface area contributed by atoms with Gasteiger partial charge in [0, 0.05) is 12.5 Å². The Morgan fingerprint density at radius 2 is 2.00 bits per heavy atom. The lowest BCUT2D eigenvalue weighted by Gasteiger charge is -2.00. The molecule has 1 atom stereocenters. The van der Waals surface area contributed by atoms with Crippen molar-refractivity contribution in [2.75, 3.05) is 6.54 Å². The minimum absolute atomic E-state index is 0.171. The van der Waals surface area contributed by atoms with Gasteiger partial charge in [-0.1, -0.05) is 12.1 Å². The Labute approximate surface area is 101 Å². The molecule has 1 aromatic carbocycles. The van der Waals surface area contributed by atoms with Crippen molar-refractivity contribution in [3.8, 4) is 11.5 Å². The van der Waals surface area contributed by atoms with Crippen molar-refractivity contribution < 1.29 is 17.7 Å². The number of rotatable bonds is 3. The van der Waals surface area contributed by atoms with E-state index in [2.05, 4.69) is 10.1 Å². The van der Waals surface area contributed by atoms with E-state index in [4.69, 9.17) is 10.3 Å². The first-order chi connectivity index (χ1) is 8.54. The highest BCUT2D eigenvalue weighted by molar-refractivity contribution is 5.54. The lowest BCUT2D eigenvalue weighted by Crippen LogP contribution is -2.10. The normalized spacial score (nSPS) is 12.7. The van der Waals surface area contributed by atoms with Crippen molar-refractivity contribution in [2.45, 2.75) is 12.8 Å². The maximum atomic E-state index is 13.5. The molecule has 0 aliphatic carbocycles. The summed E-state index contributed by atoms with van der Waals surface area (Å²) < 4.78 is 44.1. The maximum Gasteiger partial charge on any atom is 0.261 e. The fourth-order valence-corrected chi connectivity index (χ4v) is 1.34. The first-order valence-electron chi connectivity index (χ1n) is 5.22. The molecule has 0 spiro atoms. The quantitative estimate of drug-likeness (QED) is 0.856. The number of nitrogens with zero attached hydrogens (tertiary/aromatic N) is 2. The van der Waals surface area contributed by atoms with Crippen molar-refractivity contribution in [3.63, 3.8) is 0 Å². The van der Waals surface area contributed by atoms with Crippen molar-refractivity contribution >= 4 is 0 Å². The van der Waals surface area contributed by atoms with Crippen LogP contribution in [0.4, 0.5) is 13.2 Å². The number of nitrogens with two attached hydrogens (primary N) is 1. The third kappa shape index (κ3) is 2.08. The zero-order valence-electron chi connectivity index (χ0n) is 9.45. The Morgan fingerprint density at radius 3 is 2.67 bits per heavy atom.